The van der Waals surface area contributed by atoms with Gasteiger partial charge in [-0.1, -0.05) is 43.6 Å². The van der Waals surface area contributed by atoms with Gasteiger partial charge in [0.2, 0.25) is 5.91 Å². The molecule has 0 spiro atoms. The number of carbonyl (C=O) groups excluding carboxylic acids is 1. The number of pyridine rings is 1. The van der Waals surface area contributed by atoms with E-state index in [4.69, 9.17) is 16.6 Å². The Morgan fingerprint density at radius 3 is 2.69 bits per heavy atom. The third-order valence-corrected chi connectivity index (χ3v) is 4.63. The van der Waals surface area contributed by atoms with Crippen molar-refractivity contribution in [3.63, 3.8) is 0 Å². The number of imidazole rings is 1. The number of aromatic nitrogens is 2. The number of carbonyl (C=O) groups is 1. The summed E-state index contributed by atoms with van der Waals surface area (Å²) in [4.78, 5) is 17.0. The van der Waals surface area contributed by atoms with E-state index >= 15 is 0 Å². The molecular weight excluding hydrogens is 346 g/mol. The second-order valence-corrected chi connectivity index (χ2v) is 7.31. The van der Waals surface area contributed by atoms with E-state index in [1.807, 2.05) is 48.7 Å². The molecule has 0 unspecified atom stereocenters. The fraction of sp³-hybridized carbons (Fsp3) is 0.333. The molecule has 0 radical (unpaired) electrons. The van der Waals surface area contributed by atoms with Gasteiger partial charge in [-0.15, -0.1) is 0 Å². The molecule has 0 saturated heterocycles. The van der Waals surface area contributed by atoms with Gasteiger partial charge in [0.1, 0.15) is 5.65 Å². The van der Waals surface area contributed by atoms with Gasteiger partial charge in [-0.25, -0.2) is 4.98 Å². The summed E-state index contributed by atoms with van der Waals surface area (Å²) in [6, 6.07) is 13.6. The molecule has 0 aliphatic rings. The third-order valence-electron chi connectivity index (χ3n) is 4.38. The minimum Gasteiger partial charge on any atom is -0.356 e. The van der Waals surface area contributed by atoms with Crippen LogP contribution in [-0.2, 0) is 11.2 Å². The molecule has 136 valence electrons. The van der Waals surface area contributed by atoms with Crippen LogP contribution in [0.1, 0.15) is 32.4 Å². The van der Waals surface area contributed by atoms with Crippen molar-refractivity contribution in [2.75, 3.05) is 6.54 Å². The Morgan fingerprint density at radius 1 is 1.19 bits per heavy atom. The van der Waals surface area contributed by atoms with Crippen molar-refractivity contribution < 1.29 is 4.79 Å². The molecule has 4 nitrogen and oxygen atoms in total. The molecule has 5 heteroatoms. The van der Waals surface area contributed by atoms with Gasteiger partial charge in [0, 0.05) is 29.7 Å². The summed E-state index contributed by atoms with van der Waals surface area (Å²) in [7, 11) is 0. The largest absolute Gasteiger partial charge is 0.356 e. The summed E-state index contributed by atoms with van der Waals surface area (Å²) in [5, 5.41) is 3.70. The zero-order valence-corrected chi connectivity index (χ0v) is 16.0. The monoisotopic (exact) mass is 369 g/mol. The van der Waals surface area contributed by atoms with Crippen molar-refractivity contribution in [3.8, 4) is 11.3 Å². The minimum atomic E-state index is 0.0820. The minimum absolute atomic E-state index is 0.0820. The Labute approximate surface area is 159 Å². The van der Waals surface area contributed by atoms with Gasteiger partial charge in [-0.3, -0.25) is 4.79 Å². The summed E-state index contributed by atoms with van der Waals surface area (Å²) < 4.78 is 2.06. The van der Waals surface area contributed by atoms with Gasteiger partial charge in [0.25, 0.3) is 0 Å². The van der Waals surface area contributed by atoms with Crippen molar-refractivity contribution in [2.24, 2.45) is 5.92 Å². The van der Waals surface area contributed by atoms with E-state index in [-0.39, 0.29) is 5.91 Å². The molecule has 0 aliphatic carbocycles. The predicted octanol–water partition coefficient (Wildman–Crippen LogP) is 4.75. The van der Waals surface area contributed by atoms with Crippen LogP contribution in [0.4, 0.5) is 0 Å². The van der Waals surface area contributed by atoms with E-state index in [0.717, 1.165) is 35.6 Å². The number of aryl methyl sites for hydroxylation is 1. The molecule has 1 amide bonds. The Balaban J connectivity index is 1.81. The van der Waals surface area contributed by atoms with Crippen LogP contribution in [0.2, 0.25) is 5.02 Å². The Morgan fingerprint density at radius 2 is 1.96 bits per heavy atom. The summed E-state index contributed by atoms with van der Waals surface area (Å²) >= 11 is 6.01. The van der Waals surface area contributed by atoms with Crippen LogP contribution in [0, 0.1) is 5.92 Å². The number of halogens is 1. The zero-order valence-electron chi connectivity index (χ0n) is 15.2. The lowest BCUT2D eigenvalue weighted by Crippen LogP contribution is -2.25. The highest BCUT2D eigenvalue weighted by Crippen LogP contribution is 2.26. The number of amides is 1. The first-order valence-electron chi connectivity index (χ1n) is 9.03. The fourth-order valence-corrected chi connectivity index (χ4v) is 3.07. The van der Waals surface area contributed by atoms with Crippen LogP contribution in [0.3, 0.4) is 0 Å². The number of nitrogens with zero attached hydrogens (tertiary/aromatic N) is 2. The van der Waals surface area contributed by atoms with Gasteiger partial charge in [-0.05, 0) is 43.0 Å². The summed E-state index contributed by atoms with van der Waals surface area (Å²) in [6.45, 7) is 5.04. The molecule has 26 heavy (non-hydrogen) atoms. The quantitative estimate of drug-likeness (QED) is 0.653. The highest BCUT2D eigenvalue weighted by molar-refractivity contribution is 6.30. The second kappa shape index (κ2) is 8.37. The van der Waals surface area contributed by atoms with Gasteiger partial charge < -0.3 is 9.72 Å². The zero-order chi connectivity index (χ0) is 18.5. The Kier molecular flexibility index (Phi) is 5.94. The lowest BCUT2D eigenvalue weighted by molar-refractivity contribution is -0.121. The average Bonchev–Trinajstić information content (AvgIpc) is 2.99. The van der Waals surface area contributed by atoms with Crippen molar-refractivity contribution in [1.82, 2.24) is 14.7 Å². The van der Waals surface area contributed by atoms with Crippen molar-refractivity contribution in [3.05, 3.63) is 59.4 Å². The summed E-state index contributed by atoms with van der Waals surface area (Å²) in [5.74, 6) is 0.671. The van der Waals surface area contributed by atoms with Gasteiger partial charge in [0.05, 0.1) is 11.4 Å². The summed E-state index contributed by atoms with van der Waals surface area (Å²) in [5.41, 5.74) is 3.84. The maximum Gasteiger partial charge on any atom is 0.220 e. The first-order valence-corrected chi connectivity index (χ1v) is 9.41. The van der Waals surface area contributed by atoms with E-state index in [1.165, 1.54) is 0 Å². The lowest BCUT2D eigenvalue weighted by atomic mass is 10.1. The predicted molar refractivity (Wildman–Crippen MR) is 106 cm³/mol. The highest BCUT2D eigenvalue weighted by Gasteiger charge is 2.15. The molecule has 1 N–H and O–H groups in total. The average molecular weight is 370 g/mol. The van der Waals surface area contributed by atoms with Crippen molar-refractivity contribution >= 4 is 23.2 Å². The van der Waals surface area contributed by atoms with E-state index in [1.54, 1.807) is 0 Å². The number of fused-ring (bicyclic) bond motifs is 1. The normalized spacial score (nSPS) is 11.2. The first-order chi connectivity index (χ1) is 12.5. The molecule has 0 fully saturated rings. The fourth-order valence-electron chi connectivity index (χ4n) is 2.94. The second-order valence-electron chi connectivity index (χ2n) is 6.88. The van der Waals surface area contributed by atoms with Crippen LogP contribution in [0.25, 0.3) is 16.9 Å². The Hall–Kier alpha value is -2.33. The van der Waals surface area contributed by atoms with E-state index in [9.17, 15) is 4.79 Å². The molecule has 2 heterocycles. The van der Waals surface area contributed by atoms with Crippen LogP contribution < -0.4 is 5.32 Å². The highest BCUT2D eigenvalue weighted by atomic mass is 35.5. The van der Waals surface area contributed by atoms with Crippen LogP contribution in [0.15, 0.2) is 48.7 Å². The van der Waals surface area contributed by atoms with Crippen LogP contribution in [-0.4, -0.2) is 21.8 Å². The SMILES string of the molecule is CC(C)CCNC(=O)CCc1c(-c2ccc(Cl)cc2)nc2ccccn12. The molecule has 0 bridgehead atoms. The smallest absolute Gasteiger partial charge is 0.220 e. The molecule has 2 aromatic heterocycles. The van der Waals surface area contributed by atoms with Gasteiger partial charge in [-0.2, -0.15) is 0 Å². The molecule has 0 saturated carbocycles. The standard InChI is InChI=1S/C21H24ClN3O/c1-15(2)12-13-23-20(26)11-10-18-21(16-6-8-17(22)9-7-16)24-19-5-3-4-14-25(18)19/h3-9,14-15H,10-13H2,1-2H3,(H,23,26). The molecule has 0 atom stereocenters. The maximum atomic E-state index is 12.2. The molecule has 3 rings (SSSR count). The van der Waals surface area contributed by atoms with E-state index in [0.29, 0.717) is 23.8 Å². The van der Waals surface area contributed by atoms with Crippen LogP contribution >= 0.6 is 11.6 Å². The molecule has 3 aromatic rings. The molecule has 1 aromatic carbocycles. The van der Waals surface area contributed by atoms with Gasteiger partial charge in [0.15, 0.2) is 0 Å². The topological polar surface area (TPSA) is 46.4 Å². The number of benzene rings is 1. The van der Waals surface area contributed by atoms with Crippen LogP contribution in [0.5, 0.6) is 0 Å². The van der Waals surface area contributed by atoms with Crippen molar-refractivity contribution in [2.45, 2.75) is 33.1 Å². The Bertz CT molecular complexity index is 884. The third kappa shape index (κ3) is 4.44. The van der Waals surface area contributed by atoms with Crippen molar-refractivity contribution in [1.29, 1.82) is 0 Å². The van der Waals surface area contributed by atoms with E-state index in [2.05, 4.69) is 23.6 Å². The summed E-state index contributed by atoms with van der Waals surface area (Å²) in [6.07, 6.45) is 4.07. The maximum absolute atomic E-state index is 12.2. The molecule has 0 aliphatic heterocycles. The lowest BCUT2D eigenvalue weighted by Gasteiger charge is -2.08. The number of rotatable bonds is 7. The number of hydrogen-bond donors (Lipinski definition) is 1. The molecular formula is C21H24ClN3O. The van der Waals surface area contributed by atoms with E-state index < -0.39 is 0 Å². The number of hydrogen-bond acceptors (Lipinski definition) is 2. The number of nitrogens with one attached hydrogen (secondary N) is 1. The van der Waals surface area contributed by atoms with Gasteiger partial charge >= 0.3 is 0 Å². The first kappa shape index (κ1) is 18.5.